The molecule has 0 saturated carbocycles. The van der Waals surface area contributed by atoms with Gasteiger partial charge in [0.2, 0.25) is 5.95 Å². The molecule has 1 heterocycles. The zero-order chi connectivity index (χ0) is 20.1. The summed E-state index contributed by atoms with van der Waals surface area (Å²) in [6.45, 7) is 4.51. The van der Waals surface area contributed by atoms with Gasteiger partial charge in [-0.2, -0.15) is 0 Å². The molecule has 1 amide bonds. The first-order valence-electron chi connectivity index (χ1n) is 9.15. The first-order valence-corrected chi connectivity index (χ1v) is 9.15. The van der Waals surface area contributed by atoms with Crippen LogP contribution in [0.25, 0.3) is 0 Å². The summed E-state index contributed by atoms with van der Waals surface area (Å²) in [6.07, 6.45) is 0. The Morgan fingerprint density at radius 2 is 1.71 bits per heavy atom. The van der Waals surface area contributed by atoms with Crippen LogP contribution in [0.2, 0.25) is 0 Å². The average molecular weight is 375 g/mol. The molecule has 0 fully saturated rings. The highest BCUT2D eigenvalue weighted by molar-refractivity contribution is 6.03. The average Bonchev–Trinajstić information content (AvgIpc) is 2.67. The minimum Gasteiger partial charge on any atom is -0.378 e. The molecule has 6 heteroatoms. The standard InChI is InChI=1S/C22H25N5O/c1-15-7-5-6-8-17(15)14-23-22-24-16(2)13-20(26-22)21(28)25-18-9-11-19(12-10-18)27(3)4/h5-13H,14H2,1-4H3,(H,25,28)(H,23,24,26). The molecule has 2 N–H and O–H groups in total. The van der Waals surface area contributed by atoms with E-state index in [0.717, 1.165) is 17.1 Å². The highest BCUT2D eigenvalue weighted by atomic mass is 16.1. The lowest BCUT2D eigenvalue weighted by atomic mass is 10.1. The van der Waals surface area contributed by atoms with E-state index >= 15 is 0 Å². The van der Waals surface area contributed by atoms with E-state index in [0.29, 0.717) is 18.2 Å². The second-order valence-electron chi connectivity index (χ2n) is 6.89. The van der Waals surface area contributed by atoms with Crippen LogP contribution in [0.15, 0.2) is 54.6 Å². The van der Waals surface area contributed by atoms with Crippen LogP contribution >= 0.6 is 0 Å². The molecule has 0 aliphatic rings. The Hall–Kier alpha value is -3.41. The Balaban J connectivity index is 1.71. The molecule has 0 bridgehead atoms. The smallest absolute Gasteiger partial charge is 0.274 e. The number of carbonyl (C=O) groups excluding carboxylic acids is 1. The lowest BCUT2D eigenvalue weighted by molar-refractivity contribution is 0.102. The van der Waals surface area contributed by atoms with E-state index in [1.807, 2.05) is 62.3 Å². The summed E-state index contributed by atoms with van der Waals surface area (Å²) in [6, 6.07) is 17.5. The van der Waals surface area contributed by atoms with Crippen LogP contribution in [0.5, 0.6) is 0 Å². The summed E-state index contributed by atoms with van der Waals surface area (Å²) in [5, 5.41) is 6.10. The number of carbonyl (C=O) groups is 1. The number of anilines is 3. The maximum absolute atomic E-state index is 12.6. The van der Waals surface area contributed by atoms with Crippen molar-refractivity contribution < 1.29 is 4.79 Å². The van der Waals surface area contributed by atoms with Crippen molar-refractivity contribution in [2.45, 2.75) is 20.4 Å². The van der Waals surface area contributed by atoms with Crippen LogP contribution in [0, 0.1) is 13.8 Å². The highest BCUT2D eigenvalue weighted by Gasteiger charge is 2.11. The third-order valence-electron chi connectivity index (χ3n) is 4.43. The molecule has 28 heavy (non-hydrogen) atoms. The molecule has 0 unspecified atom stereocenters. The van der Waals surface area contributed by atoms with E-state index < -0.39 is 0 Å². The van der Waals surface area contributed by atoms with Gasteiger partial charge in [-0.05, 0) is 55.3 Å². The van der Waals surface area contributed by atoms with E-state index in [1.165, 1.54) is 11.1 Å². The number of amides is 1. The predicted octanol–water partition coefficient (Wildman–Crippen LogP) is 4.02. The van der Waals surface area contributed by atoms with Gasteiger partial charge in [-0.15, -0.1) is 0 Å². The molecule has 6 nitrogen and oxygen atoms in total. The molecule has 144 valence electrons. The molecule has 0 spiro atoms. The number of aromatic nitrogens is 2. The molecule has 1 aromatic heterocycles. The Bertz CT molecular complexity index is 967. The van der Waals surface area contributed by atoms with Crippen LogP contribution in [-0.2, 0) is 6.54 Å². The number of hydrogen-bond acceptors (Lipinski definition) is 5. The van der Waals surface area contributed by atoms with Gasteiger partial charge in [-0.25, -0.2) is 9.97 Å². The normalized spacial score (nSPS) is 10.4. The van der Waals surface area contributed by atoms with Gasteiger partial charge in [0.25, 0.3) is 5.91 Å². The minimum atomic E-state index is -0.262. The fourth-order valence-electron chi connectivity index (χ4n) is 2.78. The molecule has 0 saturated heterocycles. The van der Waals surface area contributed by atoms with Crippen LogP contribution in [0.3, 0.4) is 0 Å². The molecular formula is C22H25N5O. The molecule has 0 aliphatic heterocycles. The number of aryl methyl sites for hydroxylation is 2. The van der Waals surface area contributed by atoms with Gasteiger partial charge in [0.15, 0.2) is 0 Å². The van der Waals surface area contributed by atoms with Gasteiger partial charge in [-0.3, -0.25) is 4.79 Å². The lowest BCUT2D eigenvalue weighted by Crippen LogP contribution is -2.16. The zero-order valence-electron chi connectivity index (χ0n) is 16.7. The second-order valence-corrected chi connectivity index (χ2v) is 6.89. The summed E-state index contributed by atoms with van der Waals surface area (Å²) in [5.74, 6) is 0.179. The van der Waals surface area contributed by atoms with Crippen LogP contribution in [-0.4, -0.2) is 30.0 Å². The summed E-state index contributed by atoms with van der Waals surface area (Å²) in [7, 11) is 3.95. The SMILES string of the molecule is Cc1cc(C(=O)Nc2ccc(N(C)C)cc2)nc(NCc2ccccc2C)n1. The number of hydrogen-bond donors (Lipinski definition) is 2. The summed E-state index contributed by atoms with van der Waals surface area (Å²) < 4.78 is 0. The quantitative estimate of drug-likeness (QED) is 0.681. The van der Waals surface area contributed by atoms with Gasteiger partial charge in [0.1, 0.15) is 5.69 Å². The number of benzene rings is 2. The molecule has 3 rings (SSSR count). The van der Waals surface area contributed by atoms with Gasteiger partial charge < -0.3 is 15.5 Å². The number of rotatable bonds is 6. The zero-order valence-corrected chi connectivity index (χ0v) is 16.7. The maximum atomic E-state index is 12.6. The molecular weight excluding hydrogens is 350 g/mol. The molecule has 0 radical (unpaired) electrons. The first-order chi connectivity index (χ1) is 13.4. The van der Waals surface area contributed by atoms with E-state index in [-0.39, 0.29) is 5.91 Å². The fraction of sp³-hybridized carbons (Fsp3) is 0.227. The first kappa shape index (κ1) is 19.4. The van der Waals surface area contributed by atoms with Crippen molar-refractivity contribution in [3.63, 3.8) is 0 Å². The Morgan fingerprint density at radius 3 is 2.39 bits per heavy atom. The molecule has 0 atom stereocenters. The van der Waals surface area contributed by atoms with Gasteiger partial charge in [0.05, 0.1) is 0 Å². The Morgan fingerprint density at radius 1 is 1.00 bits per heavy atom. The van der Waals surface area contributed by atoms with Gasteiger partial charge in [-0.1, -0.05) is 24.3 Å². The topological polar surface area (TPSA) is 70.2 Å². The monoisotopic (exact) mass is 375 g/mol. The van der Waals surface area contributed by atoms with Gasteiger partial charge >= 0.3 is 0 Å². The van der Waals surface area contributed by atoms with E-state index in [2.05, 4.69) is 39.7 Å². The van der Waals surface area contributed by atoms with Crippen LogP contribution < -0.4 is 15.5 Å². The Kier molecular flexibility index (Phi) is 5.89. The summed E-state index contributed by atoms with van der Waals surface area (Å²) in [4.78, 5) is 23.4. The predicted molar refractivity (Wildman–Crippen MR) is 114 cm³/mol. The van der Waals surface area contributed by atoms with Gasteiger partial charge in [0, 0.05) is 37.7 Å². The fourth-order valence-corrected chi connectivity index (χ4v) is 2.78. The minimum absolute atomic E-state index is 0.262. The van der Waals surface area contributed by atoms with Crippen molar-refractivity contribution in [2.75, 3.05) is 29.6 Å². The maximum Gasteiger partial charge on any atom is 0.274 e. The number of nitrogens with one attached hydrogen (secondary N) is 2. The van der Waals surface area contributed by atoms with E-state index in [9.17, 15) is 4.79 Å². The van der Waals surface area contributed by atoms with Crippen molar-refractivity contribution >= 4 is 23.2 Å². The van der Waals surface area contributed by atoms with E-state index in [4.69, 9.17) is 0 Å². The van der Waals surface area contributed by atoms with Crippen LogP contribution in [0.4, 0.5) is 17.3 Å². The van der Waals surface area contributed by atoms with E-state index in [1.54, 1.807) is 6.07 Å². The van der Waals surface area contributed by atoms with Crippen molar-refractivity contribution in [3.05, 3.63) is 77.1 Å². The molecule has 2 aromatic carbocycles. The van der Waals surface area contributed by atoms with Crippen LogP contribution in [0.1, 0.15) is 27.3 Å². The lowest BCUT2D eigenvalue weighted by Gasteiger charge is -2.13. The Labute approximate surface area is 165 Å². The molecule has 3 aromatic rings. The van der Waals surface area contributed by atoms with Crippen molar-refractivity contribution in [1.82, 2.24) is 9.97 Å². The third-order valence-corrected chi connectivity index (χ3v) is 4.43. The van der Waals surface area contributed by atoms with Crippen molar-refractivity contribution in [2.24, 2.45) is 0 Å². The highest BCUT2D eigenvalue weighted by Crippen LogP contribution is 2.17. The second kappa shape index (κ2) is 8.52. The van der Waals surface area contributed by atoms with Crippen molar-refractivity contribution in [1.29, 1.82) is 0 Å². The summed E-state index contributed by atoms with van der Waals surface area (Å²) in [5.41, 5.74) is 5.22. The number of nitrogens with zero attached hydrogens (tertiary/aromatic N) is 3. The largest absolute Gasteiger partial charge is 0.378 e. The summed E-state index contributed by atoms with van der Waals surface area (Å²) >= 11 is 0. The third kappa shape index (κ3) is 4.85. The van der Waals surface area contributed by atoms with Crippen molar-refractivity contribution in [3.8, 4) is 0 Å². The molecule has 0 aliphatic carbocycles.